The number of aromatic carboxylic acids is 1. The number of nitrogens with one attached hydrogen (secondary N) is 1. The summed E-state index contributed by atoms with van der Waals surface area (Å²) in [4.78, 5) is 10.8. The van der Waals surface area contributed by atoms with Gasteiger partial charge in [-0.25, -0.2) is 4.79 Å². The molecule has 2 aromatic rings. The first-order chi connectivity index (χ1) is 9.25. The standard InChI is InChI=1S/C13H14N2O4/c16-13(17)10-2-1-3-11(8-10)18-7-6-14-9-12-4-5-15-19-12/h1-5,8,14H,6-7,9H2,(H,16,17). The second kappa shape index (κ2) is 6.55. The van der Waals surface area contributed by atoms with Gasteiger partial charge in [0.2, 0.25) is 0 Å². The third-order valence-corrected chi connectivity index (χ3v) is 2.42. The van der Waals surface area contributed by atoms with Crippen LogP contribution in [-0.4, -0.2) is 29.4 Å². The van der Waals surface area contributed by atoms with Crippen LogP contribution in [0.2, 0.25) is 0 Å². The number of carbonyl (C=O) groups is 1. The Morgan fingerprint density at radius 1 is 1.42 bits per heavy atom. The van der Waals surface area contributed by atoms with Crippen molar-refractivity contribution in [2.75, 3.05) is 13.2 Å². The Hall–Kier alpha value is -2.34. The summed E-state index contributed by atoms with van der Waals surface area (Å²) in [6, 6.07) is 8.18. The van der Waals surface area contributed by atoms with Crippen LogP contribution in [0.5, 0.6) is 5.75 Å². The molecule has 0 amide bonds. The zero-order chi connectivity index (χ0) is 13.5. The SMILES string of the molecule is O=C(O)c1cccc(OCCNCc2ccno2)c1. The number of nitrogens with zero attached hydrogens (tertiary/aromatic N) is 1. The van der Waals surface area contributed by atoms with Gasteiger partial charge in [0.15, 0.2) is 0 Å². The molecule has 1 aromatic heterocycles. The van der Waals surface area contributed by atoms with E-state index < -0.39 is 5.97 Å². The first kappa shape index (κ1) is 13.1. The molecule has 0 aliphatic carbocycles. The average Bonchev–Trinajstić information content (AvgIpc) is 2.92. The molecule has 0 saturated carbocycles. The Morgan fingerprint density at radius 3 is 3.05 bits per heavy atom. The van der Waals surface area contributed by atoms with Crippen LogP contribution in [0.25, 0.3) is 0 Å². The molecule has 2 rings (SSSR count). The van der Waals surface area contributed by atoms with Crippen molar-refractivity contribution in [3.05, 3.63) is 47.9 Å². The van der Waals surface area contributed by atoms with E-state index in [1.165, 1.54) is 12.1 Å². The fourth-order valence-corrected chi connectivity index (χ4v) is 1.50. The number of carboxylic acids is 1. The van der Waals surface area contributed by atoms with Gasteiger partial charge < -0.3 is 19.7 Å². The number of hydrogen-bond acceptors (Lipinski definition) is 5. The van der Waals surface area contributed by atoms with Crippen LogP contribution < -0.4 is 10.1 Å². The average molecular weight is 262 g/mol. The minimum Gasteiger partial charge on any atom is -0.492 e. The molecule has 0 spiro atoms. The van der Waals surface area contributed by atoms with Crippen LogP contribution in [-0.2, 0) is 6.54 Å². The molecule has 6 heteroatoms. The number of benzene rings is 1. The maximum absolute atomic E-state index is 10.8. The molecule has 0 aliphatic heterocycles. The zero-order valence-corrected chi connectivity index (χ0v) is 10.2. The Labute approximate surface area is 110 Å². The van der Waals surface area contributed by atoms with Gasteiger partial charge in [-0.3, -0.25) is 0 Å². The van der Waals surface area contributed by atoms with Gasteiger partial charge in [0.1, 0.15) is 18.1 Å². The second-order valence-corrected chi connectivity index (χ2v) is 3.84. The predicted octanol–water partition coefficient (Wildman–Crippen LogP) is 1.54. The fourth-order valence-electron chi connectivity index (χ4n) is 1.50. The highest BCUT2D eigenvalue weighted by Crippen LogP contribution is 2.12. The minimum atomic E-state index is -0.964. The van der Waals surface area contributed by atoms with Crippen LogP contribution in [0, 0.1) is 0 Å². The zero-order valence-electron chi connectivity index (χ0n) is 10.2. The van der Waals surface area contributed by atoms with Crippen LogP contribution in [0.4, 0.5) is 0 Å². The predicted molar refractivity (Wildman–Crippen MR) is 67.1 cm³/mol. The molecular formula is C13H14N2O4. The number of carboxylic acid groups (broad SMARTS) is 1. The summed E-state index contributed by atoms with van der Waals surface area (Å²) in [7, 11) is 0. The lowest BCUT2D eigenvalue weighted by molar-refractivity contribution is 0.0696. The lowest BCUT2D eigenvalue weighted by Crippen LogP contribution is -2.20. The second-order valence-electron chi connectivity index (χ2n) is 3.84. The van der Waals surface area contributed by atoms with E-state index in [1.54, 1.807) is 24.4 Å². The van der Waals surface area contributed by atoms with Gasteiger partial charge >= 0.3 is 5.97 Å². The van der Waals surface area contributed by atoms with Gasteiger partial charge in [0.05, 0.1) is 18.3 Å². The molecule has 6 nitrogen and oxygen atoms in total. The van der Waals surface area contributed by atoms with Crippen molar-refractivity contribution < 1.29 is 19.2 Å². The van der Waals surface area contributed by atoms with Crippen molar-refractivity contribution >= 4 is 5.97 Å². The minimum absolute atomic E-state index is 0.215. The Balaban J connectivity index is 1.70. The van der Waals surface area contributed by atoms with Crippen LogP contribution in [0.15, 0.2) is 41.1 Å². The van der Waals surface area contributed by atoms with Crippen LogP contribution in [0.1, 0.15) is 16.1 Å². The summed E-state index contributed by atoms with van der Waals surface area (Å²) >= 11 is 0. The summed E-state index contributed by atoms with van der Waals surface area (Å²) in [6.45, 7) is 1.65. The topological polar surface area (TPSA) is 84.6 Å². The van der Waals surface area contributed by atoms with E-state index in [0.717, 1.165) is 5.76 Å². The van der Waals surface area contributed by atoms with E-state index in [0.29, 0.717) is 25.4 Å². The molecule has 0 radical (unpaired) electrons. The molecular weight excluding hydrogens is 248 g/mol. The highest BCUT2D eigenvalue weighted by molar-refractivity contribution is 5.87. The van der Waals surface area contributed by atoms with Gasteiger partial charge in [-0.05, 0) is 18.2 Å². The van der Waals surface area contributed by atoms with Crippen molar-refractivity contribution in [1.82, 2.24) is 10.5 Å². The molecule has 0 aliphatic rings. The van der Waals surface area contributed by atoms with E-state index in [1.807, 2.05) is 0 Å². The Morgan fingerprint density at radius 2 is 2.32 bits per heavy atom. The first-order valence-electron chi connectivity index (χ1n) is 5.82. The molecule has 0 bridgehead atoms. The van der Waals surface area contributed by atoms with Crippen molar-refractivity contribution in [3.8, 4) is 5.75 Å². The Bertz CT molecular complexity index is 525. The Kier molecular flexibility index (Phi) is 4.52. The molecule has 19 heavy (non-hydrogen) atoms. The van der Waals surface area contributed by atoms with E-state index in [4.69, 9.17) is 14.4 Å². The smallest absolute Gasteiger partial charge is 0.335 e. The quantitative estimate of drug-likeness (QED) is 0.736. The summed E-state index contributed by atoms with van der Waals surface area (Å²) < 4.78 is 10.4. The van der Waals surface area contributed by atoms with Crippen LogP contribution in [0.3, 0.4) is 0 Å². The molecule has 100 valence electrons. The normalized spacial score (nSPS) is 10.3. The van der Waals surface area contributed by atoms with Crippen molar-refractivity contribution in [2.45, 2.75) is 6.54 Å². The summed E-state index contributed by atoms with van der Waals surface area (Å²) in [5.74, 6) is 0.336. The van der Waals surface area contributed by atoms with Crippen molar-refractivity contribution in [2.24, 2.45) is 0 Å². The molecule has 0 unspecified atom stereocenters. The maximum atomic E-state index is 10.8. The van der Waals surface area contributed by atoms with E-state index in [2.05, 4.69) is 10.5 Å². The maximum Gasteiger partial charge on any atom is 0.335 e. The summed E-state index contributed by atoms with van der Waals surface area (Å²) in [5.41, 5.74) is 0.215. The molecule has 2 N–H and O–H groups in total. The van der Waals surface area contributed by atoms with E-state index in [9.17, 15) is 4.79 Å². The number of hydrogen-bond donors (Lipinski definition) is 2. The molecule has 0 saturated heterocycles. The number of aromatic nitrogens is 1. The summed E-state index contributed by atoms with van der Waals surface area (Å²) in [5, 5.41) is 15.6. The van der Waals surface area contributed by atoms with Crippen molar-refractivity contribution in [3.63, 3.8) is 0 Å². The highest BCUT2D eigenvalue weighted by atomic mass is 16.5. The van der Waals surface area contributed by atoms with Gasteiger partial charge in [-0.15, -0.1) is 0 Å². The van der Waals surface area contributed by atoms with Gasteiger partial charge in [0, 0.05) is 12.6 Å². The van der Waals surface area contributed by atoms with Crippen molar-refractivity contribution in [1.29, 1.82) is 0 Å². The van der Waals surface area contributed by atoms with Gasteiger partial charge in [-0.2, -0.15) is 0 Å². The third kappa shape index (κ3) is 4.11. The largest absolute Gasteiger partial charge is 0.492 e. The highest BCUT2D eigenvalue weighted by Gasteiger charge is 2.03. The lowest BCUT2D eigenvalue weighted by Gasteiger charge is -2.07. The monoisotopic (exact) mass is 262 g/mol. The number of ether oxygens (including phenoxy) is 1. The molecule has 1 heterocycles. The van der Waals surface area contributed by atoms with Gasteiger partial charge in [0.25, 0.3) is 0 Å². The van der Waals surface area contributed by atoms with E-state index in [-0.39, 0.29) is 5.56 Å². The lowest BCUT2D eigenvalue weighted by atomic mass is 10.2. The van der Waals surface area contributed by atoms with Crippen LogP contribution >= 0.6 is 0 Å². The molecule has 0 fully saturated rings. The van der Waals surface area contributed by atoms with E-state index >= 15 is 0 Å². The first-order valence-corrected chi connectivity index (χ1v) is 5.82. The third-order valence-electron chi connectivity index (χ3n) is 2.42. The van der Waals surface area contributed by atoms with Gasteiger partial charge in [-0.1, -0.05) is 11.2 Å². The number of rotatable bonds is 7. The summed E-state index contributed by atoms with van der Waals surface area (Å²) in [6.07, 6.45) is 1.59. The fraction of sp³-hybridized carbons (Fsp3) is 0.231. The molecule has 1 aromatic carbocycles. The molecule has 0 atom stereocenters.